The van der Waals surface area contributed by atoms with E-state index in [-0.39, 0.29) is 0 Å². The smallest absolute Gasteiger partial charge is 0.385 e. The Morgan fingerprint density at radius 3 is 1.36 bits per heavy atom. The van der Waals surface area contributed by atoms with Gasteiger partial charge < -0.3 is 9.47 Å². The van der Waals surface area contributed by atoms with Crippen LogP contribution in [0.15, 0.2) is 48.5 Å². The second-order valence-corrected chi connectivity index (χ2v) is 11.2. The largest absolute Gasteiger partial charge is 0.494 e. The highest BCUT2D eigenvalue weighted by Gasteiger charge is 2.96. The van der Waals surface area contributed by atoms with E-state index >= 15 is 0 Å². The number of carbonyl (C=O) groups is 1. The van der Waals surface area contributed by atoms with Crippen molar-refractivity contribution in [3.05, 3.63) is 54.1 Å². The Morgan fingerprint density at radius 1 is 0.547 bits per heavy atom. The molecule has 0 aliphatic heterocycles. The maximum atomic E-state index is 14.2. The topological polar surface area (TPSA) is 35.5 Å². The van der Waals surface area contributed by atoms with Crippen LogP contribution in [-0.2, 0) is 4.74 Å². The SMILES string of the molecule is CCCCCCOc1ccc(-c2ccc(C(=O)OCC(F)(F)C(F)(F)C(F)(F)C(F)(F)C(F)(F)C(F)(F)C(F)(F)C(F)(F)C(F)(F)C(F)F)cc2)cc1. The van der Waals surface area contributed by atoms with Gasteiger partial charge in [0.05, 0.1) is 12.2 Å². The number of ether oxygens (including phenoxy) is 2. The molecule has 0 aromatic heterocycles. The van der Waals surface area contributed by atoms with Crippen LogP contribution in [-0.4, -0.2) is 78.9 Å². The van der Waals surface area contributed by atoms with Crippen LogP contribution in [0.25, 0.3) is 11.1 Å². The van der Waals surface area contributed by atoms with Crippen LogP contribution in [0.3, 0.4) is 0 Å². The quantitative estimate of drug-likeness (QED) is 0.0805. The molecule has 0 aliphatic rings. The van der Waals surface area contributed by atoms with Gasteiger partial charge in [-0.3, -0.25) is 0 Å². The second-order valence-electron chi connectivity index (χ2n) is 11.2. The Bertz CT molecular complexity index is 1520. The minimum absolute atomic E-state index is 0.300. The molecule has 3 nitrogen and oxygen atoms in total. The van der Waals surface area contributed by atoms with E-state index in [2.05, 4.69) is 4.74 Å². The number of esters is 1. The molecule has 302 valence electrons. The molecule has 0 N–H and O–H groups in total. The standard InChI is InChI=1S/C30H24F20O3/c1-2-3-4-5-14-52-19-12-10-17(11-13-19)16-6-8-18(9-7-16)20(51)53-15-22(33,34)24(37,38)26(41,42)28(45,46)30(49,50)29(47,48)27(43,44)25(39,40)23(35,36)21(31)32/h6-13,21H,2-5,14-15H2,1H3. The van der Waals surface area contributed by atoms with E-state index in [1.807, 2.05) is 6.92 Å². The van der Waals surface area contributed by atoms with Gasteiger partial charge in [-0.1, -0.05) is 50.5 Å². The van der Waals surface area contributed by atoms with E-state index in [4.69, 9.17) is 4.74 Å². The van der Waals surface area contributed by atoms with Crippen molar-refractivity contribution in [2.45, 2.75) is 92.3 Å². The highest BCUT2D eigenvalue weighted by molar-refractivity contribution is 5.90. The lowest BCUT2D eigenvalue weighted by molar-refractivity contribution is -0.465. The molecule has 0 bridgehead atoms. The maximum absolute atomic E-state index is 14.2. The number of unbranched alkanes of at least 4 members (excludes halogenated alkanes) is 3. The Kier molecular flexibility index (Phi) is 13.0. The fourth-order valence-electron chi connectivity index (χ4n) is 4.15. The highest BCUT2D eigenvalue weighted by Crippen LogP contribution is 2.65. The summed E-state index contributed by atoms with van der Waals surface area (Å²) in [5.41, 5.74) is -0.0788. The molecule has 2 aromatic rings. The van der Waals surface area contributed by atoms with Crippen molar-refractivity contribution in [2.75, 3.05) is 13.2 Å². The van der Waals surface area contributed by atoms with Gasteiger partial charge in [-0.05, 0) is 41.8 Å². The van der Waals surface area contributed by atoms with Crippen LogP contribution in [0.2, 0.25) is 0 Å². The van der Waals surface area contributed by atoms with Crippen LogP contribution in [0.4, 0.5) is 87.8 Å². The van der Waals surface area contributed by atoms with Gasteiger partial charge in [-0.15, -0.1) is 0 Å². The van der Waals surface area contributed by atoms with Crippen LogP contribution < -0.4 is 4.74 Å². The predicted molar refractivity (Wildman–Crippen MR) is 142 cm³/mol. The third kappa shape index (κ3) is 7.79. The van der Waals surface area contributed by atoms with E-state index in [0.717, 1.165) is 49.9 Å². The normalized spacial score (nSPS) is 14.5. The van der Waals surface area contributed by atoms with Crippen molar-refractivity contribution in [3.63, 3.8) is 0 Å². The van der Waals surface area contributed by atoms with Gasteiger partial charge in [0.1, 0.15) is 5.75 Å². The molecule has 0 unspecified atom stereocenters. The van der Waals surface area contributed by atoms with Crippen molar-refractivity contribution >= 4 is 5.97 Å². The van der Waals surface area contributed by atoms with Crippen molar-refractivity contribution in [2.24, 2.45) is 0 Å². The molecule has 0 amide bonds. The van der Waals surface area contributed by atoms with Crippen LogP contribution in [0, 0.1) is 0 Å². The second kappa shape index (κ2) is 15.2. The maximum Gasteiger partial charge on any atom is 0.385 e. The lowest BCUT2D eigenvalue weighted by Crippen LogP contribution is -2.76. The van der Waals surface area contributed by atoms with Crippen molar-refractivity contribution in [3.8, 4) is 16.9 Å². The number of halogens is 20. The molecule has 0 radical (unpaired) electrons. The summed E-state index contributed by atoms with van der Waals surface area (Å²) in [5, 5.41) is 0. The van der Waals surface area contributed by atoms with E-state index in [0.29, 0.717) is 23.5 Å². The van der Waals surface area contributed by atoms with Crippen molar-refractivity contribution in [1.29, 1.82) is 0 Å². The average molecular weight is 812 g/mol. The van der Waals surface area contributed by atoms with Gasteiger partial charge >= 0.3 is 65.7 Å². The molecular weight excluding hydrogens is 788 g/mol. The summed E-state index contributed by atoms with van der Waals surface area (Å²) >= 11 is 0. The lowest BCUT2D eigenvalue weighted by atomic mass is 9.86. The summed E-state index contributed by atoms with van der Waals surface area (Å²) < 4.78 is 281. The fraction of sp³-hybridized carbons (Fsp3) is 0.567. The van der Waals surface area contributed by atoms with Gasteiger partial charge in [-0.25, -0.2) is 13.6 Å². The Morgan fingerprint density at radius 2 is 0.943 bits per heavy atom. The fourth-order valence-corrected chi connectivity index (χ4v) is 4.15. The van der Waals surface area contributed by atoms with Gasteiger partial charge in [-0.2, -0.15) is 79.0 Å². The molecule has 0 fully saturated rings. The van der Waals surface area contributed by atoms with Gasteiger partial charge in [0.2, 0.25) is 0 Å². The van der Waals surface area contributed by atoms with E-state index < -0.39 is 77.9 Å². The van der Waals surface area contributed by atoms with E-state index in [9.17, 15) is 92.6 Å². The third-order valence-corrected chi connectivity index (χ3v) is 7.48. The molecule has 0 saturated heterocycles. The first kappa shape index (κ1) is 45.5. The number of hydrogen-bond acceptors (Lipinski definition) is 3. The van der Waals surface area contributed by atoms with Crippen LogP contribution in [0.1, 0.15) is 43.0 Å². The number of rotatable bonds is 19. The van der Waals surface area contributed by atoms with E-state index in [1.54, 1.807) is 12.1 Å². The molecule has 23 heteroatoms. The predicted octanol–water partition coefficient (Wildman–Crippen LogP) is 11.5. The average Bonchev–Trinajstić information content (AvgIpc) is 3.06. The van der Waals surface area contributed by atoms with E-state index in [1.165, 1.54) is 12.1 Å². The zero-order valence-electron chi connectivity index (χ0n) is 26.2. The molecule has 0 atom stereocenters. The van der Waals surface area contributed by atoms with Gasteiger partial charge in [0.25, 0.3) is 0 Å². The Hall–Kier alpha value is -3.69. The first-order valence-corrected chi connectivity index (χ1v) is 14.5. The molecule has 0 aliphatic carbocycles. The van der Waals surface area contributed by atoms with Gasteiger partial charge in [0, 0.05) is 0 Å². The minimum Gasteiger partial charge on any atom is -0.494 e. The highest BCUT2D eigenvalue weighted by atomic mass is 19.4. The summed E-state index contributed by atoms with van der Waals surface area (Å²) in [6.45, 7) is -1.01. The number of hydrogen-bond donors (Lipinski definition) is 0. The number of benzene rings is 2. The first-order valence-electron chi connectivity index (χ1n) is 14.5. The summed E-state index contributed by atoms with van der Waals surface area (Å²) in [6.07, 6.45) is -2.42. The molecule has 53 heavy (non-hydrogen) atoms. The third-order valence-electron chi connectivity index (χ3n) is 7.48. The molecule has 2 rings (SSSR count). The zero-order valence-corrected chi connectivity index (χ0v) is 26.2. The summed E-state index contributed by atoms with van der Waals surface area (Å²) in [5.74, 6) is -77.9. The number of carbonyl (C=O) groups excluding carboxylic acids is 1. The molecule has 0 spiro atoms. The molecule has 0 saturated carbocycles. The number of alkyl halides is 20. The summed E-state index contributed by atoms with van der Waals surface area (Å²) in [4.78, 5) is 12.1. The lowest BCUT2D eigenvalue weighted by Gasteiger charge is -2.44. The van der Waals surface area contributed by atoms with Crippen LogP contribution in [0.5, 0.6) is 5.75 Å². The van der Waals surface area contributed by atoms with Crippen LogP contribution >= 0.6 is 0 Å². The monoisotopic (exact) mass is 812 g/mol. The Labute approximate surface area is 285 Å². The first-order chi connectivity index (χ1) is 23.8. The van der Waals surface area contributed by atoms with Crippen molar-refractivity contribution < 1.29 is 102 Å². The molecular formula is C30H24F20O3. The molecule has 2 aromatic carbocycles. The summed E-state index contributed by atoms with van der Waals surface area (Å²) in [6, 6.07) is 9.87. The van der Waals surface area contributed by atoms with Gasteiger partial charge in [0.15, 0.2) is 6.61 Å². The minimum atomic E-state index is -9.12. The van der Waals surface area contributed by atoms with Crippen molar-refractivity contribution in [1.82, 2.24) is 0 Å². The zero-order chi connectivity index (χ0) is 41.3. The summed E-state index contributed by atoms with van der Waals surface area (Å²) in [7, 11) is 0. The Balaban J connectivity index is 2.27. The molecule has 0 heterocycles.